The molecule has 0 aromatic rings. The number of halogens is 1. The van der Waals surface area contributed by atoms with Crippen LogP contribution >= 0.6 is 4.90 Å². The van der Waals surface area contributed by atoms with E-state index in [1.807, 2.05) is 0 Å². The first-order valence-electron chi connectivity index (χ1n) is 8.27. The molecular weight excluding hydrogens is 350 g/mol. The van der Waals surface area contributed by atoms with Crippen molar-refractivity contribution in [1.82, 2.24) is 0 Å². The van der Waals surface area contributed by atoms with Gasteiger partial charge in [-0.15, -0.1) is 0 Å². The van der Waals surface area contributed by atoms with Crippen LogP contribution in [-0.2, 0) is 0 Å². The first-order chi connectivity index (χ1) is 8.88. The van der Waals surface area contributed by atoms with Crippen molar-refractivity contribution in [2.45, 2.75) is 94.0 Å². The molecule has 3 aliphatic rings. The van der Waals surface area contributed by atoms with Crippen molar-refractivity contribution in [1.29, 1.82) is 0 Å². The number of alkyl halides is 1. The molecule has 2 heteroatoms. The molecule has 0 heterocycles. The predicted molar refractivity (Wildman–Crippen MR) is 79.6 cm³/mol. The monoisotopic (exact) mass is 380 g/mol. The van der Waals surface area contributed by atoms with E-state index in [1.165, 1.54) is 17.0 Å². The molecule has 106 valence electrons. The molecule has 0 aromatic carbocycles. The van der Waals surface area contributed by atoms with E-state index in [1.54, 1.807) is 77.0 Å². The van der Waals surface area contributed by atoms with E-state index in [-0.39, 0.29) is 0 Å². The Bertz CT molecular complexity index is 219. The third-order valence-corrected chi connectivity index (χ3v) is 23.5. The second kappa shape index (κ2) is 6.29. The van der Waals surface area contributed by atoms with Crippen molar-refractivity contribution in [3.05, 3.63) is 0 Å². The average molecular weight is 380 g/mol. The van der Waals surface area contributed by atoms with Crippen molar-refractivity contribution >= 4 is 4.90 Å². The van der Waals surface area contributed by atoms with Gasteiger partial charge in [0.1, 0.15) is 0 Å². The Morgan fingerprint density at radius 1 is 0.611 bits per heavy atom. The van der Waals surface area contributed by atoms with Crippen LogP contribution in [0.2, 0.25) is 0 Å². The molecule has 3 saturated carbocycles. The molecule has 0 nitrogen and oxygen atoms in total. The van der Waals surface area contributed by atoms with Gasteiger partial charge < -0.3 is 0 Å². The fraction of sp³-hybridized carbons (Fsp3) is 1.00. The van der Waals surface area contributed by atoms with Crippen molar-refractivity contribution < 1.29 is 20.7 Å². The van der Waals surface area contributed by atoms with Crippen LogP contribution in [0.15, 0.2) is 0 Å². The van der Waals surface area contributed by atoms with Crippen LogP contribution in [-0.4, -0.2) is 21.9 Å². The van der Waals surface area contributed by atoms with Gasteiger partial charge in [-0.2, -0.15) is 0 Å². The standard InChI is InChI=1S/C16H30IP/c1-17-18(14-8-2-3-9-14,15-10-4-5-11-15)16-12-6-7-13-16/h14-16H,2-13H2,1H3. The SMILES string of the molecule is C[I-][P+](C1CCCC1)(C1CCCC1)C1CCCC1. The van der Waals surface area contributed by atoms with Crippen molar-refractivity contribution in [2.75, 3.05) is 4.93 Å². The topological polar surface area (TPSA) is 0 Å². The number of rotatable bonds is 4. The Labute approximate surface area is 124 Å². The zero-order valence-electron chi connectivity index (χ0n) is 12.0. The first-order valence-corrected chi connectivity index (χ1v) is 15.2. The van der Waals surface area contributed by atoms with E-state index in [4.69, 9.17) is 0 Å². The van der Waals surface area contributed by atoms with Gasteiger partial charge in [-0.25, -0.2) is 0 Å². The third-order valence-electron chi connectivity index (χ3n) is 5.95. The van der Waals surface area contributed by atoms with Gasteiger partial charge in [0.15, 0.2) is 0 Å². The minimum absolute atomic E-state index is 0.510. The summed E-state index contributed by atoms with van der Waals surface area (Å²) in [6.45, 7) is 0. The van der Waals surface area contributed by atoms with E-state index in [9.17, 15) is 0 Å². The van der Waals surface area contributed by atoms with Crippen molar-refractivity contribution in [3.63, 3.8) is 0 Å². The molecule has 0 atom stereocenters. The Balaban J connectivity index is 1.87. The van der Waals surface area contributed by atoms with Crippen molar-refractivity contribution in [2.24, 2.45) is 0 Å². The minimum atomic E-state index is -0.510. The first kappa shape index (κ1) is 14.1. The molecule has 0 amide bonds. The quantitative estimate of drug-likeness (QED) is 0.399. The molecule has 0 saturated heterocycles. The molecule has 0 N–H and O–H groups in total. The molecule has 0 spiro atoms. The average Bonchev–Trinajstić information content (AvgIpc) is 3.16. The van der Waals surface area contributed by atoms with Gasteiger partial charge in [-0.3, -0.25) is 0 Å². The molecule has 18 heavy (non-hydrogen) atoms. The van der Waals surface area contributed by atoms with Crippen LogP contribution in [0.4, 0.5) is 0 Å². The normalized spacial score (nSPS) is 28.7. The van der Waals surface area contributed by atoms with Crippen LogP contribution in [0, 0.1) is 0 Å². The Hall–Kier alpha value is 1.16. The van der Waals surface area contributed by atoms with E-state index in [0.717, 1.165) is 0 Å². The Kier molecular flexibility index (Phi) is 4.93. The van der Waals surface area contributed by atoms with Gasteiger partial charge in [0.05, 0.1) is 0 Å². The molecule has 0 radical (unpaired) electrons. The van der Waals surface area contributed by atoms with E-state index >= 15 is 0 Å². The molecule has 3 rings (SSSR count). The summed E-state index contributed by atoms with van der Waals surface area (Å²) in [5.41, 5.74) is 3.80. The van der Waals surface area contributed by atoms with Gasteiger partial charge in [0, 0.05) is 0 Å². The van der Waals surface area contributed by atoms with Crippen LogP contribution < -0.4 is 20.7 Å². The van der Waals surface area contributed by atoms with Crippen molar-refractivity contribution in [3.8, 4) is 0 Å². The van der Waals surface area contributed by atoms with E-state index in [0.29, 0.717) is 20.7 Å². The molecule has 0 aromatic heterocycles. The summed E-state index contributed by atoms with van der Waals surface area (Å²) in [7, 11) is 0. The third kappa shape index (κ3) is 2.41. The fourth-order valence-corrected chi connectivity index (χ4v) is 23.4. The van der Waals surface area contributed by atoms with E-state index in [2.05, 4.69) is 4.93 Å². The molecule has 0 aliphatic heterocycles. The maximum atomic E-state index is 2.70. The zero-order valence-corrected chi connectivity index (χ0v) is 15.1. The summed E-state index contributed by atoms with van der Waals surface area (Å²) < 4.78 is 0. The molecule has 0 unspecified atom stereocenters. The molecule has 3 aliphatic carbocycles. The molecule has 3 fully saturated rings. The summed E-state index contributed by atoms with van der Waals surface area (Å²) in [4.78, 5) is 2.19. The summed E-state index contributed by atoms with van der Waals surface area (Å²) >= 11 is 0.527. The Morgan fingerprint density at radius 3 is 1.11 bits per heavy atom. The van der Waals surface area contributed by atoms with Gasteiger partial charge in [0.25, 0.3) is 0 Å². The summed E-state index contributed by atoms with van der Waals surface area (Å²) in [5, 5.41) is 0. The van der Waals surface area contributed by atoms with Crippen LogP contribution in [0.5, 0.6) is 0 Å². The van der Waals surface area contributed by atoms with Gasteiger partial charge in [-0.05, 0) is 0 Å². The molecule has 0 bridgehead atoms. The Morgan fingerprint density at radius 2 is 0.889 bits per heavy atom. The maximum absolute atomic E-state index is 2.70. The second-order valence-electron chi connectivity index (χ2n) is 6.72. The van der Waals surface area contributed by atoms with Gasteiger partial charge >= 0.3 is 125 Å². The van der Waals surface area contributed by atoms with Gasteiger partial charge in [0.2, 0.25) is 0 Å². The fourth-order valence-electron chi connectivity index (χ4n) is 5.21. The van der Waals surface area contributed by atoms with Crippen LogP contribution in [0.1, 0.15) is 77.0 Å². The van der Waals surface area contributed by atoms with Crippen LogP contribution in [0.25, 0.3) is 0 Å². The predicted octanol–water partition coefficient (Wildman–Crippen LogP) is 2.47. The zero-order chi connectivity index (χ0) is 12.4. The van der Waals surface area contributed by atoms with Gasteiger partial charge in [-0.1, -0.05) is 0 Å². The number of hydrogen-bond acceptors (Lipinski definition) is 0. The summed E-state index contributed by atoms with van der Waals surface area (Å²) in [6, 6.07) is 0. The van der Waals surface area contributed by atoms with E-state index < -0.39 is 4.90 Å². The number of hydrogen-bond donors (Lipinski definition) is 0. The summed E-state index contributed by atoms with van der Waals surface area (Å²) in [6.07, 6.45) is 19.4. The molecular formula is C16H30IP. The second-order valence-corrected chi connectivity index (χ2v) is 18.6. The van der Waals surface area contributed by atoms with Crippen LogP contribution in [0.3, 0.4) is 0 Å². The summed E-state index contributed by atoms with van der Waals surface area (Å²) in [5.74, 6) is 0.